The number of nitrogens with one attached hydrogen (secondary N) is 1. The third kappa shape index (κ3) is 5.56. The molecule has 0 unspecified atom stereocenters. The van der Waals surface area contributed by atoms with Gasteiger partial charge in [0.1, 0.15) is 11.6 Å². The van der Waals surface area contributed by atoms with Crippen molar-refractivity contribution >= 4 is 18.0 Å². The Hall–Kier alpha value is -3.42. The van der Waals surface area contributed by atoms with Crippen LogP contribution in [0.3, 0.4) is 0 Å². The molecule has 3 rings (SSSR count). The van der Waals surface area contributed by atoms with Crippen molar-refractivity contribution in [2.24, 2.45) is 0 Å². The van der Waals surface area contributed by atoms with Gasteiger partial charge in [-0.25, -0.2) is 9.18 Å². The average molecular weight is 414 g/mol. The fourth-order valence-corrected chi connectivity index (χ4v) is 3.19. The number of halogens is 1. The molecule has 0 aliphatic carbocycles. The van der Waals surface area contributed by atoms with Crippen molar-refractivity contribution in [3.8, 4) is 5.75 Å². The van der Waals surface area contributed by atoms with Crippen molar-refractivity contribution < 1.29 is 28.2 Å². The van der Waals surface area contributed by atoms with Crippen LogP contribution in [-0.4, -0.2) is 48.6 Å². The van der Waals surface area contributed by atoms with Gasteiger partial charge in [-0.3, -0.25) is 9.59 Å². The summed E-state index contributed by atoms with van der Waals surface area (Å²) >= 11 is 0. The van der Waals surface area contributed by atoms with Crippen LogP contribution in [0.25, 0.3) is 0 Å². The summed E-state index contributed by atoms with van der Waals surface area (Å²) in [5.74, 6) is -0.468. The largest absolute Gasteiger partial charge is 0.513 e. The minimum absolute atomic E-state index is 0.0491. The molecule has 1 aliphatic heterocycles. The molecule has 0 atom stereocenters. The number of rotatable bonds is 5. The summed E-state index contributed by atoms with van der Waals surface area (Å²) < 4.78 is 22.7. The lowest BCUT2D eigenvalue weighted by molar-refractivity contribution is 0.0698. The Morgan fingerprint density at radius 1 is 1.00 bits per heavy atom. The molecule has 2 aromatic rings. The Morgan fingerprint density at radius 2 is 1.60 bits per heavy atom. The zero-order valence-electron chi connectivity index (χ0n) is 16.6. The monoisotopic (exact) mass is 414 g/mol. The molecule has 1 aliphatic rings. The Bertz CT molecular complexity index is 891. The molecule has 0 spiro atoms. The van der Waals surface area contributed by atoms with E-state index in [9.17, 15) is 18.8 Å². The molecule has 2 aromatic carbocycles. The van der Waals surface area contributed by atoms with Gasteiger partial charge in [-0.05, 0) is 68.3 Å². The Labute approximate surface area is 173 Å². The molecule has 158 valence electrons. The van der Waals surface area contributed by atoms with Crippen LogP contribution in [0.4, 0.5) is 9.18 Å². The highest BCUT2D eigenvalue weighted by molar-refractivity contribution is 5.95. The van der Waals surface area contributed by atoms with Crippen LogP contribution >= 0.6 is 0 Å². The zero-order chi connectivity index (χ0) is 21.5. The predicted octanol–water partition coefficient (Wildman–Crippen LogP) is 3.40. The van der Waals surface area contributed by atoms with E-state index >= 15 is 0 Å². The summed E-state index contributed by atoms with van der Waals surface area (Å²) in [6.07, 6.45) is 0.465. The zero-order valence-corrected chi connectivity index (χ0v) is 16.6. The summed E-state index contributed by atoms with van der Waals surface area (Å²) in [5.41, 5.74) is 0.889. The van der Waals surface area contributed by atoms with Crippen molar-refractivity contribution in [3.05, 3.63) is 65.5 Å². The van der Waals surface area contributed by atoms with Gasteiger partial charge >= 0.3 is 6.16 Å². The van der Waals surface area contributed by atoms with Crippen LogP contribution < -0.4 is 10.1 Å². The number of nitrogens with zero attached hydrogens (tertiary/aromatic N) is 1. The lowest BCUT2D eigenvalue weighted by Crippen LogP contribution is -2.46. The first-order valence-electron chi connectivity index (χ1n) is 9.76. The molecule has 0 aromatic heterocycles. The maximum Gasteiger partial charge on any atom is 0.513 e. The van der Waals surface area contributed by atoms with Crippen LogP contribution in [0, 0.1) is 5.82 Å². The van der Waals surface area contributed by atoms with Crippen LogP contribution in [0.2, 0.25) is 0 Å². The smallest absolute Gasteiger partial charge is 0.434 e. The molecule has 0 bridgehead atoms. The lowest BCUT2D eigenvalue weighted by atomic mass is 10.0. The molecule has 1 fully saturated rings. The number of carbonyl (C=O) groups excluding carboxylic acids is 3. The fourth-order valence-electron chi connectivity index (χ4n) is 3.19. The van der Waals surface area contributed by atoms with Crippen molar-refractivity contribution in [1.82, 2.24) is 10.2 Å². The van der Waals surface area contributed by atoms with Gasteiger partial charge in [0, 0.05) is 30.3 Å². The predicted molar refractivity (Wildman–Crippen MR) is 107 cm³/mol. The molecular formula is C22H23FN2O5. The normalized spacial score (nSPS) is 14.1. The molecular weight excluding hydrogens is 391 g/mol. The van der Waals surface area contributed by atoms with E-state index in [0.717, 1.165) is 0 Å². The molecule has 1 N–H and O–H groups in total. The molecule has 8 heteroatoms. The quantitative estimate of drug-likeness (QED) is 0.599. The minimum atomic E-state index is -0.790. The Kier molecular flexibility index (Phi) is 7.00. The van der Waals surface area contributed by atoms with Gasteiger partial charge in [-0.15, -0.1) is 0 Å². The van der Waals surface area contributed by atoms with Crippen LogP contribution in [0.1, 0.15) is 40.5 Å². The first-order valence-corrected chi connectivity index (χ1v) is 9.76. The highest BCUT2D eigenvalue weighted by Gasteiger charge is 2.25. The average Bonchev–Trinajstić information content (AvgIpc) is 2.75. The second kappa shape index (κ2) is 9.87. The van der Waals surface area contributed by atoms with Crippen LogP contribution in [0.15, 0.2) is 48.5 Å². The molecule has 1 heterocycles. The first kappa shape index (κ1) is 21.3. The first-order chi connectivity index (χ1) is 14.5. The second-order valence-electron chi connectivity index (χ2n) is 6.86. The van der Waals surface area contributed by atoms with Gasteiger partial charge in [-0.2, -0.15) is 0 Å². The van der Waals surface area contributed by atoms with Gasteiger partial charge < -0.3 is 19.7 Å². The van der Waals surface area contributed by atoms with Gasteiger partial charge in [0.25, 0.3) is 11.8 Å². The van der Waals surface area contributed by atoms with Gasteiger partial charge in [0.05, 0.1) is 6.61 Å². The number of likely N-dealkylation sites (tertiary alicyclic amines) is 1. The SMILES string of the molecule is CCOC(=O)Oc1ccc(C(=O)N2CCC(NC(=O)c3ccc(F)cc3)CC2)cc1. The van der Waals surface area contributed by atoms with Crippen molar-refractivity contribution in [3.63, 3.8) is 0 Å². The van der Waals surface area contributed by atoms with Crippen molar-refractivity contribution in [1.29, 1.82) is 0 Å². The summed E-state index contributed by atoms with van der Waals surface area (Å²) in [5, 5.41) is 2.93. The molecule has 0 saturated carbocycles. The maximum absolute atomic E-state index is 13.0. The van der Waals surface area contributed by atoms with E-state index in [-0.39, 0.29) is 30.3 Å². The number of benzene rings is 2. The number of ether oxygens (including phenoxy) is 2. The highest BCUT2D eigenvalue weighted by atomic mass is 19.1. The Morgan fingerprint density at radius 3 is 2.20 bits per heavy atom. The van der Waals surface area contributed by atoms with Crippen LogP contribution in [0.5, 0.6) is 5.75 Å². The number of amides is 2. The van der Waals surface area contributed by atoms with Gasteiger partial charge in [0.2, 0.25) is 0 Å². The summed E-state index contributed by atoms with van der Waals surface area (Å²) in [6, 6.07) is 11.6. The lowest BCUT2D eigenvalue weighted by Gasteiger charge is -2.32. The highest BCUT2D eigenvalue weighted by Crippen LogP contribution is 2.18. The third-order valence-electron chi connectivity index (χ3n) is 4.79. The summed E-state index contributed by atoms with van der Waals surface area (Å²) in [6.45, 7) is 2.92. The van der Waals surface area contributed by atoms with E-state index in [1.54, 1.807) is 36.1 Å². The standard InChI is InChI=1S/C22H23FN2O5/c1-2-29-22(28)30-19-9-5-16(6-10-19)21(27)25-13-11-18(12-14-25)24-20(26)15-3-7-17(23)8-4-15/h3-10,18H,2,11-14H2,1H3,(H,24,26). The minimum Gasteiger partial charge on any atom is -0.434 e. The summed E-state index contributed by atoms with van der Waals surface area (Å²) in [4.78, 5) is 38.0. The maximum atomic E-state index is 13.0. The second-order valence-corrected chi connectivity index (χ2v) is 6.86. The molecule has 30 heavy (non-hydrogen) atoms. The van der Waals surface area contributed by atoms with Gasteiger partial charge in [0.15, 0.2) is 0 Å². The number of piperidine rings is 1. The third-order valence-corrected chi connectivity index (χ3v) is 4.79. The van der Waals surface area contributed by atoms with Crippen molar-refractivity contribution in [2.45, 2.75) is 25.8 Å². The number of hydrogen-bond acceptors (Lipinski definition) is 5. The van der Waals surface area contributed by atoms with E-state index in [1.165, 1.54) is 24.3 Å². The number of hydrogen-bond donors (Lipinski definition) is 1. The molecule has 0 radical (unpaired) electrons. The van der Waals surface area contributed by atoms with E-state index in [1.807, 2.05) is 0 Å². The number of carbonyl (C=O) groups is 3. The van der Waals surface area contributed by atoms with Gasteiger partial charge in [-0.1, -0.05) is 0 Å². The molecule has 7 nitrogen and oxygen atoms in total. The Balaban J connectivity index is 1.49. The molecule has 1 saturated heterocycles. The van der Waals surface area contributed by atoms with E-state index < -0.39 is 6.16 Å². The van der Waals surface area contributed by atoms with E-state index in [4.69, 9.17) is 9.47 Å². The summed E-state index contributed by atoms with van der Waals surface area (Å²) in [7, 11) is 0. The molecule has 2 amide bonds. The van der Waals surface area contributed by atoms with E-state index in [2.05, 4.69) is 5.32 Å². The van der Waals surface area contributed by atoms with Crippen molar-refractivity contribution in [2.75, 3.05) is 19.7 Å². The fraction of sp³-hybridized carbons (Fsp3) is 0.318. The van der Waals surface area contributed by atoms with Crippen LogP contribution in [-0.2, 0) is 4.74 Å². The van der Waals surface area contributed by atoms with E-state index in [0.29, 0.717) is 42.8 Å². The topological polar surface area (TPSA) is 84.9 Å².